The number of likely N-dealkylation sites (tertiary alicyclic amines) is 1. The zero-order valence-corrected chi connectivity index (χ0v) is 12.8. The molecular formula is C16H21N3O2. The number of benzene rings is 1. The highest BCUT2D eigenvalue weighted by Gasteiger charge is 2.36. The van der Waals surface area contributed by atoms with Crippen molar-refractivity contribution < 1.29 is 9.53 Å². The van der Waals surface area contributed by atoms with Crippen LogP contribution in [0.3, 0.4) is 0 Å². The molecule has 0 bridgehead atoms. The first kappa shape index (κ1) is 15.3. The molecule has 1 saturated heterocycles. The third-order valence-electron chi connectivity index (χ3n) is 4.01. The number of hydrogen-bond acceptors (Lipinski definition) is 4. The lowest BCUT2D eigenvalue weighted by Crippen LogP contribution is -2.53. The van der Waals surface area contributed by atoms with Gasteiger partial charge in [-0.05, 0) is 38.9 Å². The van der Waals surface area contributed by atoms with Crippen molar-refractivity contribution in [2.75, 3.05) is 27.2 Å². The Morgan fingerprint density at radius 1 is 1.43 bits per heavy atom. The van der Waals surface area contributed by atoms with Crippen molar-refractivity contribution in [2.45, 2.75) is 25.3 Å². The average Bonchev–Trinajstić information content (AvgIpc) is 2.49. The third kappa shape index (κ3) is 3.34. The van der Waals surface area contributed by atoms with E-state index in [-0.39, 0.29) is 5.91 Å². The Kier molecular flexibility index (Phi) is 4.49. The van der Waals surface area contributed by atoms with E-state index < -0.39 is 5.54 Å². The van der Waals surface area contributed by atoms with Gasteiger partial charge in [-0.3, -0.25) is 4.79 Å². The number of nitrogens with one attached hydrogen (secondary N) is 1. The fraction of sp³-hybridized carbons (Fsp3) is 0.500. The molecule has 0 saturated carbocycles. The van der Waals surface area contributed by atoms with Crippen molar-refractivity contribution >= 4 is 5.91 Å². The SMILES string of the molecule is COc1ccc(C)cc1C(=O)NC1(C#N)CCN(C)CC1. The summed E-state index contributed by atoms with van der Waals surface area (Å²) in [5.74, 6) is 0.278. The van der Waals surface area contributed by atoms with Gasteiger partial charge in [-0.15, -0.1) is 0 Å². The second-order valence-electron chi connectivity index (χ2n) is 5.66. The second-order valence-corrected chi connectivity index (χ2v) is 5.66. The Balaban J connectivity index is 2.21. The number of ether oxygens (including phenoxy) is 1. The number of nitrogens with zero attached hydrogens (tertiary/aromatic N) is 2. The van der Waals surface area contributed by atoms with Crippen LogP contribution in [0.15, 0.2) is 18.2 Å². The highest BCUT2D eigenvalue weighted by Crippen LogP contribution is 2.24. The fourth-order valence-corrected chi connectivity index (χ4v) is 2.55. The van der Waals surface area contributed by atoms with Crippen LogP contribution in [0, 0.1) is 18.3 Å². The Morgan fingerprint density at radius 2 is 2.10 bits per heavy atom. The Morgan fingerprint density at radius 3 is 2.67 bits per heavy atom. The van der Waals surface area contributed by atoms with E-state index in [2.05, 4.69) is 16.3 Å². The van der Waals surface area contributed by atoms with E-state index in [9.17, 15) is 10.1 Å². The summed E-state index contributed by atoms with van der Waals surface area (Å²) < 4.78 is 5.24. The minimum absolute atomic E-state index is 0.248. The molecule has 1 aliphatic heterocycles. The smallest absolute Gasteiger partial charge is 0.256 e. The molecule has 21 heavy (non-hydrogen) atoms. The standard InChI is InChI=1S/C16H21N3O2/c1-12-4-5-14(21-3)13(10-12)15(20)18-16(11-17)6-8-19(2)9-7-16/h4-5,10H,6-9H2,1-3H3,(H,18,20). The maximum atomic E-state index is 12.5. The van der Waals surface area contributed by atoms with Crippen LogP contribution >= 0.6 is 0 Å². The Labute approximate surface area is 125 Å². The van der Waals surface area contributed by atoms with E-state index in [0.29, 0.717) is 24.2 Å². The van der Waals surface area contributed by atoms with Gasteiger partial charge in [-0.1, -0.05) is 11.6 Å². The molecule has 1 fully saturated rings. The highest BCUT2D eigenvalue weighted by atomic mass is 16.5. The molecule has 1 N–H and O–H groups in total. The van der Waals surface area contributed by atoms with E-state index in [4.69, 9.17) is 4.74 Å². The first-order valence-electron chi connectivity index (χ1n) is 7.06. The van der Waals surface area contributed by atoms with Gasteiger partial charge in [-0.2, -0.15) is 5.26 Å². The molecule has 0 aliphatic carbocycles. The van der Waals surface area contributed by atoms with Crippen LogP contribution in [0.4, 0.5) is 0 Å². The van der Waals surface area contributed by atoms with Gasteiger partial charge in [0.2, 0.25) is 0 Å². The van der Waals surface area contributed by atoms with Crippen LogP contribution in [0.2, 0.25) is 0 Å². The molecule has 5 nitrogen and oxygen atoms in total. The number of nitriles is 1. The monoisotopic (exact) mass is 287 g/mol. The van der Waals surface area contributed by atoms with Gasteiger partial charge in [0.25, 0.3) is 5.91 Å². The normalized spacial score (nSPS) is 17.8. The van der Waals surface area contributed by atoms with Crippen molar-refractivity contribution in [1.29, 1.82) is 5.26 Å². The first-order valence-corrected chi connectivity index (χ1v) is 7.06. The second kappa shape index (κ2) is 6.15. The number of aryl methyl sites for hydroxylation is 1. The minimum Gasteiger partial charge on any atom is -0.496 e. The van der Waals surface area contributed by atoms with Crippen LogP contribution in [0.1, 0.15) is 28.8 Å². The summed E-state index contributed by atoms with van der Waals surface area (Å²) >= 11 is 0. The van der Waals surface area contributed by atoms with Gasteiger partial charge < -0.3 is 15.0 Å². The van der Waals surface area contributed by atoms with Gasteiger partial charge in [0.05, 0.1) is 18.7 Å². The number of hydrogen-bond donors (Lipinski definition) is 1. The summed E-state index contributed by atoms with van der Waals surface area (Å²) in [6, 6.07) is 7.75. The van der Waals surface area contributed by atoms with E-state index in [1.54, 1.807) is 12.1 Å². The number of amides is 1. The molecular weight excluding hydrogens is 266 g/mol. The molecule has 1 aromatic rings. The van der Waals surface area contributed by atoms with E-state index in [1.807, 2.05) is 20.0 Å². The predicted octanol–water partition coefficient (Wildman–Crippen LogP) is 1.72. The lowest BCUT2D eigenvalue weighted by atomic mass is 9.88. The van der Waals surface area contributed by atoms with Crippen molar-refractivity contribution in [1.82, 2.24) is 10.2 Å². The van der Waals surface area contributed by atoms with Gasteiger partial charge in [-0.25, -0.2) is 0 Å². The maximum absolute atomic E-state index is 12.5. The third-order valence-corrected chi connectivity index (χ3v) is 4.01. The molecule has 0 spiro atoms. The van der Waals surface area contributed by atoms with Crippen LogP contribution < -0.4 is 10.1 Å². The topological polar surface area (TPSA) is 65.4 Å². The van der Waals surface area contributed by atoms with Gasteiger partial charge in [0, 0.05) is 13.1 Å². The van der Waals surface area contributed by atoms with Gasteiger partial charge in [0.1, 0.15) is 11.3 Å². The van der Waals surface area contributed by atoms with E-state index in [0.717, 1.165) is 18.7 Å². The Bertz CT molecular complexity index is 569. The largest absolute Gasteiger partial charge is 0.496 e. The quantitative estimate of drug-likeness (QED) is 0.919. The summed E-state index contributed by atoms with van der Waals surface area (Å²) in [5, 5.41) is 12.4. The van der Waals surface area contributed by atoms with Crippen molar-refractivity contribution in [3.63, 3.8) is 0 Å². The number of carbonyl (C=O) groups is 1. The zero-order valence-electron chi connectivity index (χ0n) is 12.8. The number of methoxy groups -OCH3 is 1. The van der Waals surface area contributed by atoms with E-state index in [1.165, 1.54) is 7.11 Å². The lowest BCUT2D eigenvalue weighted by molar-refractivity contribution is 0.0879. The van der Waals surface area contributed by atoms with Gasteiger partial charge in [0.15, 0.2) is 0 Å². The number of carbonyl (C=O) groups excluding carboxylic acids is 1. The summed E-state index contributed by atoms with van der Waals surface area (Å²) in [6.45, 7) is 3.53. The first-order chi connectivity index (χ1) is 9.99. The molecule has 1 aliphatic rings. The lowest BCUT2D eigenvalue weighted by Gasteiger charge is -2.36. The molecule has 0 atom stereocenters. The van der Waals surface area contributed by atoms with Crippen molar-refractivity contribution in [2.24, 2.45) is 0 Å². The molecule has 2 rings (SSSR count). The predicted molar refractivity (Wildman–Crippen MR) is 80.3 cm³/mol. The van der Waals surface area contributed by atoms with Crippen molar-refractivity contribution in [3.05, 3.63) is 29.3 Å². The minimum atomic E-state index is -0.779. The average molecular weight is 287 g/mol. The zero-order chi connectivity index (χ0) is 15.5. The summed E-state index contributed by atoms with van der Waals surface area (Å²) in [4.78, 5) is 14.7. The molecule has 1 heterocycles. The molecule has 1 aromatic carbocycles. The van der Waals surface area contributed by atoms with E-state index >= 15 is 0 Å². The fourth-order valence-electron chi connectivity index (χ4n) is 2.55. The number of piperidine rings is 1. The number of rotatable bonds is 3. The molecule has 1 amide bonds. The van der Waals surface area contributed by atoms with Gasteiger partial charge >= 0.3 is 0 Å². The van der Waals surface area contributed by atoms with Crippen LogP contribution in [-0.4, -0.2) is 43.6 Å². The summed E-state index contributed by atoms with van der Waals surface area (Å²) in [5.41, 5.74) is 0.680. The maximum Gasteiger partial charge on any atom is 0.256 e. The van der Waals surface area contributed by atoms with Crippen LogP contribution in [0.25, 0.3) is 0 Å². The molecule has 5 heteroatoms. The summed E-state index contributed by atoms with van der Waals surface area (Å²) in [7, 11) is 3.56. The van der Waals surface area contributed by atoms with Crippen LogP contribution in [0.5, 0.6) is 5.75 Å². The highest BCUT2D eigenvalue weighted by molar-refractivity contribution is 5.97. The molecule has 0 radical (unpaired) electrons. The molecule has 112 valence electrons. The Hall–Kier alpha value is -2.06. The summed E-state index contributed by atoms with van der Waals surface area (Å²) in [6.07, 6.45) is 1.28. The van der Waals surface area contributed by atoms with Crippen molar-refractivity contribution in [3.8, 4) is 11.8 Å². The molecule has 0 unspecified atom stereocenters. The molecule has 0 aromatic heterocycles. The van der Waals surface area contributed by atoms with Crippen LogP contribution in [-0.2, 0) is 0 Å².